The smallest absolute Gasteiger partial charge is 0.410 e. The highest BCUT2D eigenvalue weighted by Crippen LogP contribution is 2.35. The van der Waals surface area contributed by atoms with Crippen molar-refractivity contribution < 1.29 is 14.3 Å². The molecule has 0 aliphatic carbocycles. The molecule has 4 heterocycles. The number of carbonyl (C=O) groups is 1. The number of piperidine rings is 1. The molecule has 4 aromatic rings. The van der Waals surface area contributed by atoms with Crippen LogP contribution >= 0.6 is 0 Å². The van der Waals surface area contributed by atoms with E-state index >= 15 is 0 Å². The fourth-order valence-electron chi connectivity index (χ4n) is 6.53. The summed E-state index contributed by atoms with van der Waals surface area (Å²) in [7, 11) is 0. The van der Waals surface area contributed by atoms with Crippen molar-refractivity contribution in [1.82, 2.24) is 29.5 Å². The van der Waals surface area contributed by atoms with Crippen LogP contribution in [0.1, 0.15) is 62.2 Å². The van der Waals surface area contributed by atoms with E-state index in [0.29, 0.717) is 13.1 Å². The van der Waals surface area contributed by atoms with Crippen molar-refractivity contribution in [2.75, 3.05) is 39.4 Å². The molecule has 2 aromatic carbocycles. The molecular formula is C35H44N6O3. The van der Waals surface area contributed by atoms with Gasteiger partial charge >= 0.3 is 6.09 Å². The topological polar surface area (TPSA) is 85.6 Å². The zero-order chi connectivity index (χ0) is 31.0. The number of rotatable bonds is 5. The number of morpholine rings is 1. The molecule has 232 valence electrons. The van der Waals surface area contributed by atoms with E-state index in [0.717, 1.165) is 84.9 Å². The normalized spacial score (nSPS) is 16.9. The van der Waals surface area contributed by atoms with Gasteiger partial charge in [-0.1, -0.05) is 30.3 Å². The lowest BCUT2D eigenvalue weighted by Gasteiger charge is -2.33. The highest BCUT2D eigenvalue weighted by Gasteiger charge is 2.30. The lowest BCUT2D eigenvalue weighted by molar-refractivity contribution is 0.0184. The van der Waals surface area contributed by atoms with Crippen molar-refractivity contribution in [1.29, 1.82) is 0 Å². The monoisotopic (exact) mass is 596 g/mol. The molecule has 2 fully saturated rings. The molecule has 0 N–H and O–H groups in total. The first-order valence-electron chi connectivity index (χ1n) is 15.8. The Balaban J connectivity index is 1.31. The summed E-state index contributed by atoms with van der Waals surface area (Å²) < 4.78 is 13.3. The number of para-hydroxylation sites is 1. The van der Waals surface area contributed by atoms with Gasteiger partial charge in [0.05, 0.1) is 47.9 Å². The Morgan fingerprint density at radius 2 is 1.68 bits per heavy atom. The Morgan fingerprint density at radius 3 is 2.41 bits per heavy atom. The van der Waals surface area contributed by atoms with E-state index in [-0.39, 0.29) is 12.1 Å². The number of aromatic nitrogens is 4. The van der Waals surface area contributed by atoms with Gasteiger partial charge in [0, 0.05) is 49.5 Å². The first-order chi connectivity index (χ1) is 21.1. The molecule has 0 bridgehead atoms. The fraction of sp³-hybridized carbons (Fsp3) is 0.486. The molecule has 2 saturated heterocycles. The first kappa shape index (κ1) is 30.2. The van der Waals surface area contributed by atoms with Gasteiger partial charge in [-0.3, -0.25) is 14.6 Å². The summed E-state index contributed by atoms with van der Waals surface area (Å²) in [6.07, 6.45) is 3.29. The summed E-state index contributed by atoms with van der Waals surface area (Å²) in [4.78, 5) is 27.0. The molecule has 0 unspecified atom stereocenters. The third-order valence-corrected chi connectivity index (χ3v) is 8.80. The van der Waals surface area contributed by atoms with Crippen molar-refractivity contribution >= 4 is 17.1 Å². The van der Waals surface area contributed by atoms with Crippen LogP contribution in [-0.2, 0) is 16.0 Å². The fourth-order valence-corrected chi connectivity index (χ4v) is 6.53. The summed E-state index contributed by atoms with van der Waals surface area (Å²) >= 11 is 0. The molecule has 2 aliphatic heterocycles. The van der Waals surface area contributed by atoms with Crippen LogP contribution < -0.4 is 0 Å². The molecule has 2 aromatic heterocycles. The Kier molecular flexibility index (Phi) is 8.44. The van der Waals surface area contributed by atoms with Crippen LogP contribution in [0.15, 0.2) is 42.6 Å². The molecule has 9 heteroatoms. The second-order valence-corrected chi connectivity index (χ2v) is 13.1. The third kappa shape index (κ3) is 6.21. The summed E-state index contributed by atoms with van der Waals surface area (Å²) in [5.41, 5.74) is 10.1. The molecule has 0 spiro atoms. The quantitative estimate of drug-likeness (QED) is 0.260. The van der Waals surface area contributed by atoms with E-state index in [2.05, 4.69) is 53.8 Å². The van der Waals surface area contributed by atoms with Crippen LogP contribution in [0, 0.1) is 20.8 Å². The molecule has 9 nitrogen and oxygen atoms in total. The van der Waals surface area contributed by atoms with Crippen molar-refractivity contribution in [3.63, 3.8) is 0 Å². The number of benzene rings is 2. The number of ether oxygens (including phenoxy) is 2. The third-order valence-electron chi connectivity index (χ3n) is 8.80. The lowest BCUT2D eigenvalue weighted by Crippen LogP contribution is -2.42. The second kappa shape index (κ2) is 12.3. The van der Waals surface area contributed by atoms with Gasteiger partial charge in [0.25, 0.3) is 0 Å². The lowest BCUT2D eigenvalue weighted by atomic mass is 9.94. The van der Waals surface area contributed by atoms with E-state index < -0.39 is 5.60 Å². The van der Waals surface area contributed by atoms with E-state index in [1.165, 1.54) is 16.7 Å². The number of hydrogen-bond donors (Lipinski definition) is 0. The standard InChI is InChI=1S/C35H44N6O3/c1-23-9-7-10-27(29(23)22-39-17-19-43-20-18-39)28-11-8-12-30-33(28)37-31(21-36-30)32-24(2)38-41(25(32)3)26-13-15-40(16-14-26)34(42)44-35(4,5)6/h7-12,21,26H,13-20,22H2,1-6H3. The minimum absolute atomic E-state index is 0.208. The van der Waals surface area contributed by atoms with Crippen molar-refractivity contribution in [3.8, 4) is 22.4 Å². The van der Waals surface area contributed by atoms with Crippen LogP contribution in [0.3, 0.4) is 0 Å². The van der Waals surface area contributed by atoms with Gasteiger partial charge in [-0.05, 0) is 77.1 Å². The Bertz CT molecular complexity index is 1660. The van der Waals surface area contributed by atoms with Gasteiger partial charge < -0.3 is 14.4 Å². The van der Waals surface area contributed by atoms with Gasteiger partial charge in [-0.15, -0.1) is 0 Å². The largest absolute Gasteiger partial charge is 0.444 e. The highest BCUT2D eigenvalue weighted by atomic mass is 16.6. The summed E-state index contributed by atoms with van der Waals surface area (Å²) in [6, 6.07) is 13.0. The molecular weight excluding hydrogens is 552 g/mol. The van der Waals surface area contributed by atoms with Crippen LogP contribution in [-0.4, -0.2) is 80.6 Å². The number of aryl methyl sites for hydroxylation is 2. The first-order valence-corrected chi connectivity index (χ1v) is 15.8. The number of nitrogens with zero attached hydrogens (tertiary/aromatic N) is 6. The minimum Gasteiger partial charge on any atom is -0.444 e. The van der Waals surface area contributed by atoms with Crippen molar-refractivity contribution in [3.05, 3.63) is 65.1 Å². The number of amides is 1. The maximum atomic E-state index is 12.6. The van der Waals surface area contributed by atoms with Crippen LogP contribution in [0.2, 0.25) is 0 Å². The van der Waals surface area contributed by atoms with E-state index in [1.54, 1.807) is 0 Å². The van der Waals surface area contributed by atoms with Crippen LogP contribution in [0.25, 0.3) is 33.4 Å². The van der Waals surface area contributed by atoms with Crippen molar-refractivity contribution in [2.24, 2.45) is 0 Å². The van der Waals surface area contributed by atoms with E-state index in [1.807, 2.05) is 44.9 Å². The number of carbonyl (C=O) groups excluding carboxylic acids is 1. The summed E-state index contributed by atoms with van der Waals surface area (Å²) in [5.74, 6) is 0. The SMILES string of the molecule is Cc1cccc(-c2cccc3ncc(-c4c(C)nn(C5CCN(C(=O)OC(C)(C)C)CC5)c4C)nc23)c1CN1CCOCC1. The van der Waals surface area contributed by atoms with E-state index in [4.69, 9.17) is 24.5 Å². The number of fused-ring (bicyclic) bond motifs is 1. The average Bonchev–Trinajstić information content (AvgIpc) is 3.30. The maximum absolute atomic E-state index is 12.6. The predicted octanol–water partition coefficient (Wildman–Crippen LogP) is 6.49. The molecule has 1 amide bonds. The Labute approximate surface area is 260 Å². The van der Waals surface area contributed by atoms with Crippen LogP contribution in [0.5, 0.6) is 0 Å². The van der Waals surface area contributed by atoms with Gasteiger partial charge in [0.15, 0.2) is 0 Å². The molecule has 6 rings (SSSR count). The summed E-state index contributed by atoms with van der Waals surface area (Å²) in [5, 5.41) is 4.99. The predicted molar refractivity (Wildman–Crippen MR) is 173 cm³/mol. The highest BCUT2D eigenvalue weighted by molar-refractivity contribution is 5.93. The maximum Gasteiger partial charge on any atom is 0.410 e. The molecule has 0 saturated carbocycles. The molecule has 44 heavy (non-hydrogen) atoms. The second-order valence-electron chi connectivity index (χ2n) is 13.1. The van der Waals surface area contributed by atoms with Gasteiger partial charge in [-0.2, -0.15) is 5.10 Å². The average molecular weight is 597 g/mol. The molecule has 2 aliphatic rings. The molecule has 0 atom stereocenters. The van der Waals surface area contributed by atoms with Gasteiger partial charge in [-0.25, -0.2) is 9.78 Å². The van der Waals surface area contributed by atoms with Crippen molar-refractivity contribution in [2.45, 2.75) is 72.6 Å². The number of hydrogen-bond acceptors (Lipinski definition) is 7. The van der Waals surface area contributed by atoms with E-state index in [9.17, 15) is 4.79 Å². The summed E-state index contributed by atoms with van der Waals surface area (Å²) in [6.45, 7) is 17.7. The Hall–Kier alpha value is -3.82. The zero-order valence-electron chi connectivity index (χ0n) is 26.9. The molecule has 0 radical (unpaired) electrons. The Morgan fingerprint density at radius 1 is 0.977 bits per heavy atom. The zero-order valence-corrected chi connectivity index (χ0v) is 26.9. The van der Waals surface area contributed by atoms with Gasteiger partial charge in [0.1, 0.15) is 5.60 Å². The van der Waals surface area contributed by atoms with Gasteiger partial charge in [0.2, 0.25) is 0 Å². The minimum atomic E-state index is -0.497. The number of likely N-dealkylation sites (tertiary alicyclic amines) is 1. The van der Waals surface area contributed by atoms with Crippen LogP contribution in [0.4, 0.5) is 4.79 Å².